The Morgan fingerprint density at radius 1 is 1.15 bits per heavy atom. The highest BCUT2D eigenvalue weighted by Gasteiger charge is 2.62. The smallest absolute Gasteiger partial charge is 0.248 e. The molecule has 3 aliphatic rings. The standard InChI is InChI=1S/C26H20F2N4O2/c1-2-12-31-19-7-4-3-6-16(19)26(25(31)34)17(14-29)24(30)32(20-11-10-15(27)13-18(20)28)21-8-5-9-22(33)23(21)26/h2-4,6-7,10-11,13H,1,5,8-9,12,30H2/t26-/m1/s1. The van der Waals surface area contributed by atoms with Crippen LogP contribution in [-0.4, -0.2) is 18.2 Å². The lowest BCUT2D eigenvalue weighted by Gasteiger charge is -2.43. The van der Waals surface area contributed by atoms with Crippen molar-refractivity contribution >= 4 is 23.1 Å². The molecule has 8 heteroatoms. The Bertz CT molecular complexity index is 1390. The summed E-state index contributed by atoms with van der Waals surface area (Å²) in [6.45, 7) is 3.90. The second-order valence-electron chi connectivity index (χ2n) is 8.37. The van der Waals surface area contributed by atoms with Gasteiger partial charge in [0.2, 0.25) is 5.91 Å². The van der Waals surface area contributed by atoms with E-state index in [1.54, 1.807) is 30.3 Å². The van der Waals surface area contributed by atoms with Gasteiger partial charge in [0.25, 0.3) is 0 Å². The highest BCUT2D eigenvalue weighted by Crippen LogP contribution is 2.56. The summed E-state index contributed by atoms with van der Waals surface area (Å²) in [6, 6.07) is 12.0. The van der Waals surface area contributed by atoms with Crippen molar-refractivity contribution in [1.29, 1.82) is 5.26 Å². The number of allylic oxidation sites excluding steroid dienone is 1. The molecule has 170 valence electrons. The predicted octanol–water partition coefficient (Wildman–Crippen LogP) is 3.96. The number of nitrogens with zero attached hydrogens (tertiary/aromatic N) is 3. The van der Waals surface area contributed by atoms with Crippen LogP contribution >= 0.6 is 0 Å². The number of hydrogen-bond donors (Lipinski definition) is 1. The average molecular weight is 458 g/mol. The van der Waals surface area contributed by atoms with Crippen molar-refractivity contribution in [2.45, 2.75) is 24.7 Å². The van der Waals surface area contributed by atoms with Crippen molar-refractivity contribution < 1.29 is 18.4 Å². The number of rotatable bonds is 3. The van der Waals surface area contributed by atoms with E-state index in [4.69, 9.17) is 5.73 Å². The van der Waals surface area contributed by atoms with Gasteiger partial charge < -0.3 is 10.6 Å². The number of carbonyl (C=O) groups excluding carboxylic acids is 2. The largest absolute Gasteiger partial charge is 0.384 e. The third kappa shape index (κ3) is 2.64. The van der Waals surface area contributed by atoms with E-state index in [0.29, 0.717) is 35.9 Å². The van der Waals surface area contributed by atoms with Crippen LogP contribution in [0.15, 0.2) is 77.8 Å². The van der Waals surface area contributed by atoms with Crippen molar-refractivity contribution in [3.8, 4) is 6.07 Å². The lowest BCUT2D eigenvalue weighted by molar-refractivity contribution is -0.124. The molecular weight excluding hydrogens is 438 g/mol. The Morgan fingerprint density at radius 2 is 1.91 bits per heavy atom. The molecule has 1 atom stereocenters. The average Bonchev–Trinajstić information content (AvgIpc) is 3.05. The van der Waals surface area contributed by atoms with Gasteiger partial charge in [0.05, 0.1) is 11.3 Å². The zero-order valence-corrected chi connectivity index (χ0v) is 18.1. The van der Waals surface area contributed by atoms with Crippen LogP contribution < -0.4 is 15.5 Å². The van der Waals surface area contributed by atoms with E-state index >= 15 is 0 Å². The maximum atomic E-state index is 14.9. The van der Waals surface area contributed by atoms with Crippen molar-refractivity contribution in [2.24, 2.45) is 5.73 Å². The summed E-state index contributed by atoms with van der Waals surface area (Å²) < 4.78 is 28.5. The van der Waals surface area contributed by atoms with E-state index in [1.165, 1.54) is 15.9 Å². The Hall–Kier alpha value is -4.25. The lowest BCUT2D eigenvalue weighted by atomic mass is 9.63. The van der Waals surface area contributed by atoms with Gasteiger partial charge in [-0.1, -0.05) is 24.3 Å². The fourth-order valence-corrected chi connectivity index (χ4v) is 5.38. The van der Waals surface area contributed by atoms with E-state index in [0.717, 1.165) is 6.07 Å². The molecule has 0 fully saturated rings. The molecule has 6 nitrogen and oxygen atoms in total. The number of ketones is 1. The van der Waals surface area contributed by atoms with Gasteiger partial charge in [-0.15, -0.1) is 6.58 Å². The fourth-order valence-electron chi connectivity index (χ4n) is 5.38. The van der Waals surface area contributed by atoms with E-state index in [1.807, 2.05) is 0 Å². The van der Waals surface area contributed by atoms with Crippen molar-refractivity contribution in [1.82, 2.24) is 0 Å². The van der Waals surface area contributed by atoms with Gasteiger partial charge in [-0.3, -0.25) is 14.5 Å². The second kappa shape index (κ2) is 7.66. The van der Waals surface area contributed by atoms with Crippen molar-refractivity contribution in [2.75, 3.05) is 16.3 Å². The molecule has 2 aromatic carbocycles. The molecule has 0 saturated carbocycles. The summed E-state index contributed by atoms with van der Waals surface area (Å²) in [7, 11) is 0. The number of anilines is 2. The van der Waals surface area contributed by atoms with Gasteiger partial charge in [0.1, 0.15) is 28.9 Å². The first-order chi connectivity index (χ1) is 16.4. The minimum absolute atomic E-state index is 0.0922. The second-order valence-corrected chi connectivity index (χ2v) is 8.37. The van der Waals surface area contributed by atoms with Gasteiger partial charge in [-0.2, -0.15) is 5.26 Å². The summed E-state index contributed by atoms with van der Waals surface area (Å²) in [5.41, 5.74) is 6.02. The fraction of sp³-hybridized carbons (Fsp3) is 0.192. The quantitative estimate of drug-likeness (QED) is 0.704. The molecule has 5 rings (SSSR count). The molecule has 2 N–H and O–H groups in total. The molecule has 2 aromatic rings. The summed E-state index contributed by atoms with van der Waals surface area (Å²) in [5, 5.41) is 10.3. The molecule has 0 saturated heterocycles. The zero-order valence-electron chi connectivity index (χ0n) is 18.1. The van der Waals surface area contributed by atoms with Crippen LogP contribution in [0.5, 0.6) is 0 Å². The molecule has 0 unspecified atom stereocenters. The Balaban J connectivity index is 1.89. The molecule has 1 amide bonds. The number of para-hydroxylation sites is 1. The van der Waals surface area contributed by atoms with Gasteiger partial charge in [-0.25, -0.2) is 8.78 Å². The third-order valence-corrected chi connectivity index (χ3v) is 6.64. The summed E-state index contributed by atoms with van der Waals surface area (Å²) in [4.78, 5) is 30.4. The molecule has 1 spiro atoms. The van der Waals surface area contributed by atoms with Crippen LogP contribution in [0.1, 0.15) is 24.8 Å². The number of fused-ring (bicyclic) bond motifs is 3. The number of benzene rings is 2. The minimum atomic E-state index is -1.74. The van der Waals surface area contributed by atoms with Gasteiger partial charge in [0.15, 0.2) is 5.78 Å². The van der Waals surface area contributed by atoms with Crippen LogP contribution in [-0.2, 0) is 15.0 Å². The van der Waals surface area contributed by atoms with Gasteiger partial charge in [0, 0.05) is 41.6 Å². The molecule has 0 radical (unpaired) electrons. The van der Waals surface area contributed by atoms with Crippen LogP contribution in [0.4, 0.5) is 20.2 Å². The molecule has 34 heavy (non-hydrogen) atoms. The first-order valence-electron chi connectivity index (χ1n) is 10.8. The molecule has 2 aliphatic heterocycles. The number of hydrogen-bond acceptors (Lipinski definition) is 5. The highest BCUT2D eigenvalue weighted by atomic mass is 19.1. The Kier molecular flexibility index (Phi) is 4.87. The normalized spacial score (nSPS) is 21.7. The topological polar surface area (TPSA) is 90.4 Å². The molecule has 0 aromatic heterocycles. The number of Topliss-reactive ketones (excluding diaryl/α,β-unsaturated/α-hetero) is 1. The first-order valence-corrected chi connectivity index (χ1v) is 10.8. The Labute approximate surface area is 194 Å². The lowest BCUT2D eigenvalue weighted by Crippen LogP contribution is -2.52. The SMILES string of the molecule is C=CCN1C(=O)[C@@]2(C(C#N)=C(N)N(c3ccc(F)cc3F)C3=C2C(=O)CCC3)c2ccccc21. The Morgan fingerprint density at radius 3 is 2.62 bits per heavy atom. The van der Waals surface area contributed by atoms with Crippen LogP contribution in [0.25, 0.3) is 0 Å². The van der Waals surface area contributed by atoms with Crippen molar-refractivity contribution in [3.05, 3.63) is 95.0 Å². The van der Waals surface area contributed by atoms with Gasteiger partial charge >= 0.3 is 0 Å². The monoisotopic (exact) mass is 458 g/mol. The third-order valence-electron chi connectivity index (χ3n) is 6.64. The maximum absolute atomic E-state index is 14.9. The number of amides is 1. The molecular formula is C26H20F2N4O2. The van der Waals surface area contributed by atoms with E-state index < -0.39 is 23.0 Å². The molecule has 2 heterocycles. The predicted molar refractivity (Wildman–Crippen MR) is 122 cm³/mol. The first kappa shape index (κ1) is 21.6. The van der Waals surface area contributed by atoms with Crippen LogP contribution in [0, 0.1) is 23.0 Å². The summed E-state index contributed by atoms with van der Waals surface area (Å²) >= 11 is 0. The summed E-state index contributed by atoms with van der Waals surface area (Å²) in [6.07, 6.45) is 2.54. The van der Waals surface area contributed by atoms with E-state index in [9.17, 15) is 23.6 Å². The van der Waals surface area contributed by atoms with Crippen molar-refractivity contribution in [3.63, 3.8) is 0 Å². The highest BCUT2D eigenvalue weighted by molar-refractivity contribution is 6.20. The van der Waals surface area contributed by atoms with Crippen LogP contribution in [0.2, 0.25) is 0 Å². The number of carbonyl (C=O) groups is 2. The van der Waals surface area contributed by atoms with E-state index in [2.05, 4.69) is 12.6 Å². The van der Waals surface area contributed by atoms with E-state index in [-0.39, 0.29) is 41.4 Å². The molecule has 1 aliphatic carbocycles. The van der Waals surface area contributed by atoms with Crippen LogP contribution in [0.3, 0.4) is 0 Å². The number of nitriles is 1. The summed E-state index contributed by atoms with van der Waals surface area (Å²) in [5.74, 6) is -2.61. The molecule has 0 bridgehead atoms. The number of halogens is 2. The zero-order chi connectivity index (χ0) is 24.2. The maximum Gasteiger partial charge on any atom is 0.248 e. The van der Waals surface area contributed by atoms with Gasteiger partial charge in [-0.05, 0) is 31.0 Å². The number of nitrogens with two attached hydrogens (primary N) is 1. The minimum Gasteiger partial charge on any atom is -0.384 e.